The molecular formula is C10H14ClNO3S2. The van der Waals surface area contributed by atoms with Gasteiger partial charge in [0.05, 0.1) is 16.5 Å². The van der Waals surface area contributed by atoms with Gasteiger partial charge in [-0.05, 0) is 17.7 Å². The van der Waals surface area contributed by atoms with Crippen LogP contribution in [0.2, 0.25) is 5.02 Å². The molecule has 17 heavy (non-hydrogen) atoms. The molecule has 0 fully saturated rings. The SMILES string of the molecule is CS(=O)(=O)CCS(=O)Cc1ccc(Cl)c(N)c1. The second-order valence-electron chi connectivity index (χ2n) is 3.77. The Morgan fingerprint density at radius 2 is 2.06 bits per heavy atom. The number of hydrogen-bond acceptors (Lipinski definition) is 4. The molecule has 1 rings (SSSR count). The Morgan fingerprint density at radius 1 is 1.41 bits per heavy atom. The van der Waals surface area contributed by atoms with E-state index in [1.165, 1.54) is 0 Å². The van der Waals surface area contributed by atoms with Gasteiger partial charge in [-0.2, -0.15) is 0 Å². The summed E-state index contributed by atoms with van der Waals surface area (Å²) in [7, 11) is -4.28. The summed E-state index contributed by atoms with van der Waals surface area (Å²) < 4.78 is 33.5. The number of nitrogen functional groups attached to an aromatic ring is 1. The first-order chi connectivity index (χ1) is 7.78. The quantitative estimate of drug-likeness (QED) is 0.829. The molecule has 4 nitrogen and oxygen atoms in total. The lowest BCUT2D eigenvalue weighted by molar-refractivity contribution is 0.602. The van der Waals surface area contributed by atoms with E-state index in [4.69, 9.17) is 17.3 Å². The molecule has 96 valence electrons. The Kier molecular flexibility index (Phi) is 4.97. The zero-order valence-electron chi connectivity index (χ0n) is 9.35. The van der Waals surface area contributed by atoms with Crippen LogP contribution in [-0.4, -0.2) is 30.4 Å². The van der Waals surface area contributed by atoms with Crippen molar-refractivity contribution in [2.24, 2.45) is 0 Å². The molecule has 0 radical (unpaired) electrons. The average Bonchev–Trinajstić information content (AvgIpc) is 2.20. The molecule has 0 bridgehead atoms. The molecule has 2 N–H and O–H groups in total. The molecule has 0 amide bonds. The fourth-order valence-electron chi connectivity index (χ4n) is 1.19. The van der Waals surface area contributed by atoms with E-state index < -0.39 is 20.6 Å². The van der Waals surface area contributed by atoms with Gasteiger partial charge in [-0.25, -0.2) is 8.42 Å². The maximum absolute atomic E-state index is 11.6. The van der Waals surface area contributed by atoms with Gasteiger partial charge in [-0.1, -0.05) is 17.7 Å². The van der Waals surface area contributed by atoms with Gasteiger partial charge in [0.2, 0.25) is 0 Å². The van der Waals surface area contributed by atoms with Crippen molar-refractivity contribution in [1.29, 1.82) is 0 Å². The minimum atomic E-state index is -3.07. The summed E-state index contributed by atoms with van der Waals surface area (Å²) in [5.74, 6) is 0.362. The van der Waals surface area contributed by atoms with Crippen LogP contribution in [0, 0.1) is 0 Å². The normalized spacial score (nSPS) is 13.5. The van der Waals surface area contributed by atoms with E-state index in [1.807, 2.05) is 0 Å². The van der Waals surface area contributed by atoms with E-state index in [-0.39, 0.29) is 17.3 Å². The van der Waals surface area contributed by atoms with Crippen molar-refractivity contribution in [1.82, 2.24) is 0 Å². The molecular weight excluding hydrogens is 282 g/mol. The highest BCUT2D eigenvalue weighted by Crippen LogP contribution is 2.20. The Labute approximate surface area is 109 Å². The first-order valence-electron chi connectivity index (χ1n) is 4.84. The second-order valence-corrected chi connectivity index (χ2v) is 8.02. The Morgan fingerprint density at radius 3 is 2.59 bits per heavy atom. The topological polar surface area (TPSA) is 77.2 Å². The van der Waals surface area contributed by atoms with Crippen LogP contribution in [0.3, 0.4) is 0 Å². The van der Waals surface area contributed by atoms with E-state index in [1.54, 1.807) is 18.2 Å². The number of hydrogen-bond donors (Lipinski definition) is 1. The molecule has 1 aromatic rings. The average molecular weight is 296 g/mol. The van der Waals surface area contributed by atoms with E-state index in [0.29, 0.717) is 10.7 Å². The molecule has 0 saturated heterocycles. The van der Waals surface area contributed by atoms with Crippen molar-refractivity contribution in [3.63, 3.8) is 0 Å². The largest absolute Gasteiger partial charge is 0.398 e. The molecule has 0 saturated carbocycles. The summed E-state index contributed by atoms with van der Waals surface area (Å²) in [5.41, 5.74) is 6.84. The number of nitrogens with two attached hydrogens (primary N) is 1. The summed E-state index contributed by atoms with van der Waals surface area (Å²) in [6.45, 7) is 0. The van der Waals surface area contributed by atoms with E-state index in [9.17, 15) is 12.6 Å². The van der Waals surface area contributed by atoms with Crippen LogP contribution < -0.4 is 5.73 Å². The molecule has 1 unspecified atom stereocenters. The zero-order valence-corrected chi connectivity index (χ0v) is 11.7. The van der Waals surface area contributed by atoms with Gasteiger partial charge in [0, 0.05) is 28.6 Å². The van der Waals surface area contributed by atoms with Crippen LogP contribution in [0.4, 0.5) is 5.69 Å². The van der Waals surface area contributed by atoms with Crippen molar-refractivity contribution in [3.8, 4) is 0 Å². The van der Waals surface area contributed by atoms with Crippen LogP contribution in [0.1, 0.15) is 5.56 Å². The van der Waals surface area contributed by atoms with Crippen LogP contribution in [0.25, 0.3) is 0 Å². The number of rotatable bonds is 5. The van der Waals surface area contributed by atoms with Crippen molar-refractivity contribution < 1.29 is 12.6 Å². The van der Waals surface area contributed by atoms with Crippen LogP contribution in [0.15, 0.2) is 18.2 Å². The third-order valence-corrected chi connectivity index (χ3v) is 4.93. The Hall–Kier alpha value is -0.590. The minimum Gasteiger partial charge on any atom is -0.398 e. The number of halogens is 1. The highest BCUT2D eigenvalue weighted by molar-refractivity contribution is 7.92. The number of anilines is 1. The molecule has 1 aromatic carbocycles. The van der Waals surface area contributed by atoms with Gasteiger partial charge < -0.3 is 5.73 Å². The molecule has 0 aliphatic carbocycles. The van der Waals surface area contributed by atoms with Gasteiger partial charge in [-0.15, -0.1) is 0 Å². The monoisotopic (exact) mass is 295 g/mol. The van der Waals surface area contributed by atoms with Crippen molar-refractivity contribution in [2.75, 3.05) is 23.5 Å². The lowest BCUT2D eigenvalue weighted by atomic mass is 10.2. The van der Waals surface area contributed by atoms with Gasteiger partial charge in [0.25, 0.3) is 0 Å². The highest BCUT2D eigenvalue weighted by Gasteiger charge is 2.08. The molecule has 1 atom stereocenters. The predicted molar refractivity (Wildman–Crippen MR) is 72.3 cm³/mol. The van der Waals surface area contributed by atoms with Crippen molar-refractivity contribution in [3.05, 3.63) is 28.8 Å². The zero-order chi connectivity index (χ0) is 13.1. The van der Waals surface area contributed by atoms with Gasteiger partial charge in [-0.3, -0.25) is 4.21 Å². The van der Waals surface area contributed by atoms with Crippen molar-refractivity contribution in [2.45, 2.75) is 5.75 Å². The summed E-state index contributed by atoms with van der Waals surface area (Å²) in [5, 5.41) is 0.454. The van der Waals surface area contributed by atoms with E-state index >= 15 is 0 Å². The second kappa shape index (κ2) is 5.84. The fourth-order valence-corrected chi connectivity index (χ4v) is 3.95. The Bertz CT molecular complexity index is 528. The van der Waals surface area contributed by atoms with Crippen LogP contribution in [0.5, 0.6) is 0 Å². The summed E-state index contributed by atoms with van der Waals surface area (Å²) in [6.07, 6.45) is 1.13. The fraction of sp³-hybridized carbons (Fsp3) is 0.400. The van der Waals surface area contributed by atoms with E-state index in [2.05, 4.69) is 0 Å². The molecule has 7 heteroatoms. The molecule has 0 spiro atoms. The van der Waals surface area contributed by atoms with Gasteiger partial charge in [0.15, 0.2) is 0 Å². The third kappa shape index (κ3) is 5.52. The van der Waals surface area contributed by atoms with Crippen LogP contribution in [-0.2, 0) is 26.4 Å². The third-order valence-electron chi connectivity index (χ3n) is 2.07. The lowest BCUT2D eigenvalue weighted by Gasteiger charge is -2.04. The highest BCUT2D eigenvalue weighted by atomic mass is 35.5. The molecule has 0 aromatic heterocycles. The molecule has 0 aliphatic rings. The van der Waals surface area contributed by atoms with Gasteiger partial charge in [0.1, 0.15) is 9.84 Å². The minimum absolute atomic E-state index is 0.0668. The summed E-state index contributed by atoms with van der Waals surface area (Å²) >= 11 is 5.76. The number of benzene rings is 1. The molecule has 0 heterocycles. The maximum atomic E-state index is 11.6. The summed E-state index contributed by atoms with van der Waals surface area (Å²) in [4.78, 5) is 0. The lowest BCUT2D eigenvalue weighted by Crippen LogP contribution is -2.12. The van der Waals surface area contributed by atoms with E-state index in [0.717, 1.165) is 11.8 Å². The smallest absolute Gasteiger partial charge is 0.148 e. The first kappa shape index (κ1) is 14.5. The van der Waals surface area contributed by atoms with Crippen LogP contribution >= 0.6 is 11.6 Å². The first-order valence-corrected chi connectivity index (χ1v) is 8.77. The standard InChI is InChI=1S/C10H14ClNO3S2/c1-17(14,15)5-4-16(13)7-8-2-3-9(11)10(12)6-8/h2-3,6H,4-5,7,12H2,1H3. The maximum Gasteiger partial charge on any atom is 0.148 e. The van der Waals surface area contributed by atoms with Gasteiger partial charge >= 0.3 is 0 Å². The summed E-state index contributed by atoms with van der Waals surface area (Å²) in [6, 6.07) is 5.03. The van der Waals surface area contributed by atoms with Crippen molar-refractivity contribution >= 4 is 37.9 Å². The predicted octanol–water partition coefficient (Wildman–Crippen LogP) is 1.22. The molecule has 0 aliphatic heterocycles. The number of sulfone groups is 1. The Balaban J connectivity index is 2.59.